The molecule has 0 bridgehead atoms. The minimum Gasteiger partial charge on any atom is -0.493 e. The summed E-state index contributed by atoms with van der Waals surface area (Å²) >= 11 is 0. The lowest BCUT2D eigenvalue weighted by atomic mass is 10.1. The van der Waals surface area contributed by atoms with Gasteiger partial charge < -0.3 is 14.2 Å². The minimum absolute atomic E-state index is 0.167. The third-order valence-electron chi connectivity index (χ3n) is 5.31. The molecular formula is C27H24N2O6. The second kappa shape index (κ2) is 10.6. The third-order valence-corrected chi connectivity index (χ3v) is 5.31. The Bertz CT molecular complexity index is 1290. The second-order valence-corrected chi connectivity index (χ2v) is 7.66. The van der Waals surface area contributed by atoms with E-state index in [-0.39, 0.29) is 5.57 Å². The van der Waals surface area contributed by atoms with Crippen LogP contribution in [0.25, 0.3) is 6.08 Å². The van der Waals surface area contributed by atoms with Gasteiger partial charge in [0.15, 0.2) is 11.5 Å². The first kappa shape index (κ1) is 23.6. The fourth-order valence-electron chi connectivity index (χ4n) is 3.58. The van der Waals surface area contributed by atoms with Crippen LogP contribution in [0.2, 0.25) is 0 Å². The van der Waals surface area contributed by atoms with Gasteiger partial charge in [-0.1, -0.05) is 42.5 Å². The van der Waals surface area contributed by atoms with Crippen molar-refractivity contribution < 1.29 is 28.6 Å². The Morgan fingerprint density at radius 3 is 2.31 bits per heavy atom. The van der Waals surface area contributed by atoms with Crippen molar-refractivity contribution in [1.29, 1.82) is 0 Å². The van der Waals surface area contributed by atoms with Crippen molar-refractivity contribution >= 4 is 29.6 Å². The largest absolute Gasteiger partial charge is 0.493 e. The molecule has 8 heteroatoms. The summed E-state index contributed by atoms with van der Waals surface area (Å²) in [4.78, 5) is 39.0. The minimum atomic E-state index is -0.787. The number of para-hydroxylation sites is 2. The number of benzene rings is 3. The molecule has 8 nitrogen and oxygen atoms in total. The number of hydrogen-bond donors (Lipinski definition) is 1. The van der Waals surface area contributed by atoms with Gasteiger partial charge in [0.1, 0.15) is 24.5 Å². The van der Waals surface area contributed by atoms with E-state index in [1.54, 1.807) is 49.4 Å². The van der Waals surface area contributed by atoms with Crippen LogP contribution in [-0.2, 0) is 9.59 Å². The van der Waals surface area contributed by atoms with E-state index in [4.69, 9.17) is 14.2 Å². The number of imide groups is 2. The third kappa shape index (κ3) is 5.33. The lowest BCUT2D eigenvalue weighted by Gasteiger charge is -2.27. The Kier molecular flexibility index (Phi) is 7.11. The number of hydrogen-bond acceptors (Lipinski definition) is 6. The highest BCUT2D eigenvalue weighted by molar-refractivity contribution is 6.39. The summed E-state index contributed by atoms with van der Waals surface area (Å²) in [5.41, 5.74) is 1.50. The fraction of sp³-hybridized carbons (Fsp3) is 0.148. The Morgan fingerprint density at radius 1 is 0.857 bits per heavy atom. The summed E-state index contributed by atoms with van der Waals surface area (Å²) in [6.45, 7) is 2.42. The zero-order valence-corrected chi connectivity index (χ0v) is 19.3. The van der Waals surface area contributed by atoms with Crippen LogP contribution in [0.5, 0.6) is 17.2 Å². The Morgan fingerprint density at radius 2 is 1.57 bits per heavy atom. The second-order valence-electron chi connectivity index (χ2n) is 7.66. The normalized spacial score (nSPS) is 14.6. The van der Waals surface area contributed by atoms with Gasteiger partial charge in [-0.3, -0.25) is 14.9 Å². The number of barbiturate groups is 1. The molecule has 1 fully saturated rings. The molecule has 1 saturated heterocycles. The molecule has 0 radical (unpaired) electrons. The Labute approximate surface area is 202 Å². The number of aryl methyl sites for hydroxylation is 1. The van der Waals surface area contributed by atoms with Crippen LogP contribution >= 0.6 is 0 Å². The summed E-state index contributed by atoms with van der Waals surface area (Å²) < 4.78 is 16.8. The number of nitrogens with zero attached hydrogens (tertiary/aromatic N) is 1. The lowest BCUT2D eigenvalue weighted by molar-refractivity contribution is -0.122. The number of amides is 4. The molecule has 35 heavy (non-hydrogen) atoms. The summed E-state index contributed by atoms with van der Waals surface area (Å²) in [6, 6.07) is 20.6. The van der Waals surface area contributed by atoms with E-state index in [2.05, 4.69) is 5.32 Å². The van der Waals surface area contributed by atoms with E-state index in [9.17, 15) is 14.4 Å². The highest BCUT2D eigenvalue weighted by atomic mass is 16.5. The average molecular weight is 472 g/mol. The molecule has 0 atom stereocenters. The zero-order chi connectivity index (χ0) is 24.8. The van der Waals surface area contributed by atoms with Gasteiger partial charge in [-0.25, -0.2) is 9.69 Å². The van der Waals surface area contributed by atoms with Crippen LogP contribution in [0, 0.1) is 6.92 Å². The van der Waals surface area contributed by atoms with Gasteiger partial charge in [0, 0.05) is 0 Å². The molecule has 0 unspecified atom stereocenters. The van der Waals surface area contributed by atoms with Gasteiger partial charge >= 0.3 is 6.03 Å². The SMILES string of the molecule is COc1cc(/C=C2/C(=O)NC(=O)N(c3ccccc3C)C2=O)ccc1OCCOc1ccccc1. The molecule has 3 aromatic rings. The van der Waals surface area contributed by atoms with Crippen molar-refractivity contribution in [2.75, 3.05) is 25.2 Å². The molecule has 1 heterocycles. The molecule has 0 saturated carbocycles. The first-order valence-electron chi connectivity index (χ1n) is 10.9. The molecule has 1 aliphatic rings. The molecule has 0 aromatic heterocycles. The summed E-state index contributed by atoms with van der Waals surface area (Å²) in [6.07, 6.45) is 1.42. The van der Waals surface area contributed by atoms with Crippen LogP contribution < -0.4 is 24.4 Å². The van der Waals surface area contributed by atoms with Crippen LogP contribution in [0.3, 0.4) is 0 Å². The summed E-state index contributed by atoms with van der Waals surface area (Å²) in [5.74, 6) is 0.197. The van der Waals surface area contributed by atoms with Crippen molar-refractivity contribution in [3.63, 3.8) is 0 Å². The van der Waals surface area contributed by atoms with E-state index in [1.807, 2.05) is 30.3 Å². The van der Waals surface area contributed by atoms with E-state index in [0.717, 1.165) is 16.2 Å². The zero-order valence-electron chi connectivity index (χ0n) is 19.3. The lowest BCUT2D eigenvalue weighted by Crippen LogP contribution is -2.54. The smallest absolute Gasteiger partial charge is 0.335 e. The van der Waals surface area contributed by atoms with E-state index in [1.165, 1.54) is 13.2 Å². The molecular weight excluding hydrogens is 448 g/mol. The predicted molar refractivity (Wildman–Crippen MR) is 131 cm³/mol. The van der Waals surface area contributed by atoms with Crippen molar-refractivity contribution in [3.05, 3.63) is 89.5 Å². The van der Waals surface area contributed by atoms with Crippen LogP contribution in [-0.4, -0.2) is 38.2 Å². The van der Waals surface area contributed by atoms with E-state index in [0.29, 0.717) is 36.0 Å². The topological polar surface area (TPSA) is 94.2 Å². The Balaban J connectivity index is 1.50. The molecule has 1 aliphatic heterocycles. The van der Waals surface area contributed by atoms with Crippen LogP contribution in [0.4, 0.5) is 10.5 Å². The van der Waals surface area contributed by atoms with E-state index < -0.39 is 17.8 Å². The maximum absolute atomic E-state index is 13.1. The van der Waals surface area contributed by atoms with Crippen LogP contribution in [0.15, 0.2) is 78.4 Å². The highest BCUT2D eigenvalue weighted by Gasteiger charge is 2.37. The standard InChI is InChI=1S/C27H24N2O6/c1-18-8-6-7-11-22(18)29-26(31)21(25(30)28-27(29)32)16-19-12-13-23(24(17-19)33-2)35-15-14-34-20-9-4-3-5-10-20/h3-13,16-17H,14-15H2,1-2H3,(H,28,30,32)/b21-16-. The number of nitrogens with one attached hydrogen (secondary N) is 1. The van der Waals surface area contributed by atoms with Gasteiger partial charge in [-0.2, -0.15) is 0 Å². The van der Waals surface area contributed by atoms with Crippen molar-refractivity contribution in [2.45, 2.75) is 6.92 Å². The summed E-state index contributed by atoms with van der Waals surface area (Å²) in [5, 5.41) is 2.23. The van der Waals surface area contributed by atoms with Gasteiger partial charge in [0.05, 0.1) is 12.8 Å². The Hall–Kier alpha value is -4.59. The number of rotatable bonds is 8. The number of urea groups is 1. The molecule has 178 valence electrons. The van der Waals surface area contributed by atoms with Gasteiger partial charge in [0.2, 0.25) is 0 Å². The number of ether oxygens (including phenoxy) is 3. The number of methoxy groups -OCH3 is 1. The van der Waals surface area contributed by atoms with Gasteiger partial charge in [-0.05, 0) is 54.5 Å². The van der Waals surface area contributed by atoms with Gasteiger partial charge in [-0.15, -0.1) is 0 Å². The maximum atomic E-state index is 13.1. The molecule has 1 N–H and O–H groups in total. The predicted octanol–water partition coefficient (Wildman–Crippen LogP) is 4.13. The number of carbonyl (C=O) groups is 3. The molecule has 0 aliphatic carbocycles. The molecule has 4 rings (SSSR count). The van der Waals surface area contributed by atoms with Crippen molar-refractivity contribution in [1.82, 2.24) is 5.32 Å². The first-order chi connectivity index (χ1) is 17.0. The van der Waals surface area contributed by atoms with Crippen LogP contribution in [0.1, 0.15) is 11.1 Å². The fourth-order valence-corrected chi connectivity index (χ4v) is 3.58. The van der Waals surface area contributed by atoms with Crippen molar-refractivity contribution in [2.24, 2.45) is 0 Å². The maximum Gasteiger partial charge on any atom is 0.335 e. The quantitative estimate of drug-likeness (QED) is 0.301. The van der Waals surface area contributed by atoms with Gasteiger partial charge in [0.25, 0.3) is 11.8 Å². The highest BCUT2D eigenvalue weighted by Crippen LogP contribution is 2.30. The number of carbonyl (C=O) groups excluding carboxylic acids is 3. The molecule has 3 aromatic carbocycles. The molecule has 4 amide bonds. The summed E-state index contributed by atoms with van der Waals surface area (Å²) in [7, 11) is 1.50. The first-order valence-corrected chi connectivity index (χ1v) is 10.9. The average Bonchev–Trinajstić information content (AvgIpc) is 2.86. The monoisotopic (exact) mass is 472 g/mol. The molecule has 0 spiro atoms. The van der Waals surface area contributed by atoms with E-state index >= 15 is 0 Å². The number of anilines is 1. The van der Waals surface area contributed by atoms with Crippen molar-refractivity contribution in [3.8, 4) is 17.2 Å².